The summed E-state index contributed by atoms with van der Waals surface area (Å²) < 4.78 is 0. The lowest BCUT2D eigenvalue weighted by Crippen LogP contribution is -2.12. The van der Waals surface area contributed by atoms with E-state index >= 15 is 0 Å². The zero-order chi connectivity index (χ0) is 9.26. The van der Waals surface area contributed by atoms with Crippen LogP contribution in [0.15, 0.2) is 18.5 Å². The van der Waals surface area contributed by atoms with E-state index in [2.05, 4.69) is 4.98 Å². The van der Waals surface area contributed by atoms with Crippen LogP contribution >= 0.6 is 11.6 Å². The van der Waals surface area contributed by atoms with Gasteiger partial charge in [-0.1, -0.05) is 11.6 Å². The second-order valence-corrected chi connectivity index (χ2v) is 3.98. The van der Waals surface area contributed by atoms with Crippen molar-refractivity contribution in [3.63, 3.8) is 0 Å². The lowest BCUT2D eigenvalue weighted by molar-refractivity contribution is 0.151. The molecule has 1 N–H and O–H groups in total. The van der Waals surface area contributed by atoms with Crippen molar-refractivity contribution in [3.8, 4) is 0 Å². The molecule has 1 saturated carbocycles. The Morgan fingerprint density at radius 3 is 3.00 bits per heavy atom. The van der Waals surface area contributed by atoms with E-state index < -0.39 is 0 Å². The molecule has 70 valence electrons. The number of hydrogen-bond donors (Lipinski definition) is 1. The number of nitrogens with zero attached hydrogens (tertiary/aromatic N) is 1. The molecule has 13 heavy (non-hydrogen) atoms. The predicted octanol–water partition coefficient (Wildman–Crippen LogP) is 2.05. The van der Waals surface area contributed by atoms with Crippen molar-refractivity contribution in [2.75, 3.05) is 0 Å². The summed E-state index contributed by atoms with van der Waals surface area (Å²) in [6.45, 7) is 0. The first-order valence-corrected chi connectivity index (χ1v) is 4.91. The fourth-order valence-electron chi connectivity index (χ4n) is 1.44. The van der Waals surface area contributed by atoms with E-state index in [0.717, 1.165) is 18.4 Å². The van der Waals surface area contributed by atoms with E-state index in [4.69, 9.17) is 11.6 Å². The Hall–Kier alpha value is -0.600. The van der Waals surface area contributed by atoms with Gasteiger partial charge in [0.2, 0.25) is 0 Å². The standard InChI is InChI=1S/C10H12ClNO/c11-9-6-12-4-3-8(9)5-10(13)7-1-2-7/h3-4,6-7,10,13H,1-2,5H2. The Balaban J connectivity index is 2.03. The van der Waals surface area contributed by atoms with E-state index in [0.29, 0.717) is 17.4 Å². The van der Waals surface area contributed by atoms with Crippen LogP contribution in [0, 0.1) is 5.92 Å². The van der Waals surface area contributed by atoms with Crippen molar-refractivity contribution in [3.05, 3.63) is 29.0 Å². The lowest BCUT2D eigenvalue weighted by atomic mass is 10.1. The quantitative estimate of drug-likeness (QED) is 0.805. The van der Waals surface area contributed by atoms with Crippen molar-refractivity contribution in [1.29, 1.82) is 0 Å². The molecule has 1 fully saturated rings. The number of rotatable bonds is 3. The highest BCUT2D eigenvalue weighted by Crippen LogP contribution is 2.34. The second kappa shape index (κ2) is 3.64. The highest BCUT2D eigenvalue weighted by atomic mass is 35.5. The Kier molecular flexibility index (Phi) is 2.51. The van der Waals surface area contributed by atoms with Gasteiger partial charge in [0, 0.05) is 18.8 Å². The largest absolute Gasteiger partial charge is 0.392 e. The van der Waals surface area contributed by atoms with Gasteiger partial charge in [-0.15, -0.1) is 0 Å². The van der Waals surface area contributed by atoms with Gasteiger partial charge in [-0.05, 0) is 30.4 Å². The van der Waals surface area contributed by atoms with Crippen LogP contribution < -0.4 is 0 Å². The molecule has 0 aliphatic heterocycles. The maximum Gasteiger partial charge on any atom is 0.0622 e. The first kappa shape index (κ1) is 8.97. The number of aliphatic hydroxyl groups excluding tert-OH is 1. The molecule has 2 nitrogen and oxygen atoms in total. The summed E-state index contributed by atoms with van der Waals surface area (Å²) in [5, 5.41) is 10.3. The predicted molar refractivity (Wildman–Crippen MR) is 51.7 cm³/mol. The van der Waals surface area contributed by atoms with Crippen LogP contribution in [0.1, 0.15) is 18.4 Å². The normalized spacial score (nSPS) is 18.6. The van der Waals surface area contributed by atoms with E-state index in [-0.39, 0.29) is 6.10 Å². The van der Waals surface area contributed by atoms with Crippen LogP contribution in [0.3, 0.4) is 0 Å². The molecular weight excluding hydrogens is 186 g/mol. The Morgan fingerprint density at radius 1 is 1.62 bits per heavy atom. The van der Waals surface area contributed by atoms with E-state index in [1.54, 1.807) is 12.4 Å². The SMILES string of the molecule is OC(Cc1ccncc1Cl)C1CC1. The smallest absolute Gasteiger partial charge is 0.0622 e. The van der Waals surface area contributed by atoms with Crippen molar-refractivity contribution >= 4 is 11.6 Å². The highest BCUT2D eigenvalue weighted by molar-refractivity contribution is 6.31. The topological polar surface area (TPSA) is 33.1 Å². The fraction of sp³-hybridized carbons (Fsp3) is 0.500. The van der Waals surface area contributed by atoms with Gasteiger partial charge in [0.15, 0.2) is 0 Å². The molecule has 1 aliphatic carbocycles. The number of hydrogen-bond acceptors (Lipinski definition) is 2. The van der Waals surface area contributed by atoms with Gasteiger partial charge in [-0.3, -0.25) is 4.98 Å². The summed E-state index contributed by atoms with van der Waals surface area (Å²) in [7, 11) is 0. The highest BCUT2D eigenvalue weighted by Gasteiger charge is 2.29. The number of aliphatic hydroxyl groups is 1. The van der Waals surface area contributed by atoms with E-state index in [1.807, 2.05) is 6.07 Å². The average Bonchev–Trinajstić information content (AvgIpc) is 2.91. The van der Waals surface area contributed by atoms with E-state index in [9.17, 15) is 5.11 Å². The Bertz CT molecular complexity index is 299. The molecule has 0 bridgehead atoms. The Morgan fingerprint density at radius 2 is 2.38 bits per heavy atom. The minimum atomic E-state index is -0.222. The van der Waals surface area contributed by atoms with Crippen LogP contribution in [-0.4, -0.2) is 16.2 Å². The molecule has 2 rings (SSSR count). The number of aromatic nitrogens is 1. The zero-order valence-electron chi connectivity index (χ0n) is 7.28. The summed E-state index contributed by atoms with van der Waals surface area (Å²) in [4.78, 5) is 3.90. The number of halogens is 1. The van der Waals surface area contributed by atoms with Gasteiger partial charge in [-0.2, -0.15) is 0 Å². The van der Waals surface area contributed by atoms with Gasteiger partial charge < -0.3 is 5.11 Å². The number of pyridine rings is 1. The van der Waals surface area contributed by atoms with E-state index in [1.165, 1.54) is 0 Å². The van der Waals surface area contributed by atoms with Gasteiger partial charge in [0.25, 0.3) is 0 Å². The Labute approximate surface area is 82.6 Å². The lowest BCUT2D eigenvalue weighted by Gasteiger charge is -2.09. The fourth-order valence-corrected chi connectivity index (χ4v) is 1.64. The molecule has 0 aromatic carbocycles. The summed E-state index contributed by atoms with van der Waals surface area (Å²) in [5.41, 5.74) is 0.996. The van der Waals surface area contributed by atoms with Crippen LogP contribution in [0.5, 0.6) is 0 Å². The van der Waals surface area contributed by atoms with Crippen LogP contribution in [-0.2, 0) is 6.42 Å². The molecule has 1 aromatic rings. The molecule has 0 amide bonds. The molecular formula is C10H12ClNO. The first-order valence-electron chi connectivity index (χ1n) is 4.54. The van der Waals surface area contributed by atoms with Crippen LogP contribution in [0.2, 0.25) is 5.02 Å². The van der Waals surface area contributed by atoms with Crippen molar-refractivity contribution in [2.45, 2.75) is 25.4 Å². The first-order chi connectivity index (χ1) is 6.27. The third-order valence-electron chi connectivity index (χ3n) is 2.45. The average molecular weight is 198 g/mol. The van der Waals surface area contributed by atoms with Gasteiger partial charge in [0.05, 0.1) is 11.1 Å². The third-order valence-corrected chi connectivity index (χ3v) is 2.79. The molecule has 1 aliphatic rings. The zero-order valence-corrected chi connectivity index (χ0v) is 8.04. The molecule has 1 atom stereocenters. The molecule has 0 radical (unpaired) electrons. The minimum absolute atomic E-state index is 0.222. The van der Waals surface area contributed by atoms with Gasteiger partial charge >= 0.3 is 0 Å². The maximum absolute atomic E-state index is 9.69. The van der Waals surface area contributed by atoms with Gasteiger partial charge in [-0.25, -0.2) is 0 Å². The van der Waals surface area contributed by atoms with Crippen molar-refractivity contribution in [2.24, 2.45) is 5.92 Å². The maximum atomic E-state index is 9.69. The van der Waals surface area contributed by atoms with Crippen LogP contribution in [0.25, 0.3) is 0 Å². The summed E-state index contributed by atoms with van der Waals surface area (Å²) in [6.07, 6.45) is 6.08. The third kappa shape index (κ3) is 2.20. The molecule has 1 unspecified atom stereocenters. The van der Waals surface area contributed by atoms with Gasteiger partial charge in [0.1, 0.15) is 0 Å². The van der Waals surface area contributed by atoms with Crippen molar-refractivity contribution < 1.29 is 5.11 Å². The minimum Gasteiger partial charge on any atom is -0.392 e. The molecule has 0 spiro atoms. The van der Waals surface area contributed by atoms with Crippen LogP contribution in [0.4, 0.5) is 0 Å². The second-order valence-electron chi connectivity index (χ2n) is 3.58. The molecule has 0 saturated heterocycles. The summed E-state index contributed by atoms with van der Waals surface area (Å²) >= 11 is 5.92. The molecule has 3 heteroatoms. The monoisotopic (exact) mass is 197 g/mol. The molecule has 1 aromatic heterocycles. The summed E-state index contributed by atoms with van der Waals surface area (Å²) in [5.74, 6) is 0.504. The molecule has 1 heterocycles. The van der Waals surface area contributed by atoms with Crippen molar-refractivity contribution in [1.82, 2.24) is 4.98 Å². The summed E-state index contributed by atoms with van der Waals surface area (Å²) in [6, 6.07) is 1.87.